The van der Waals surface area contributed by atoms with Crippen molar-refractivity contribution in [3.8, 4) is 0 Å². The van der Waals surface area contributed by atoms with Crippen molar-refractivity contribution in [3.05, 3.63) is 11.3 Å². The summed E-state index contributed by atoms with van der Waals surface area (Å²) in [6.07, 6.45) is 1.07. The molecule has 0 unspecified atom stereocenters. The van der Waals surface area contributed by atoms with Gasteiger partial charge in [0.2, 0.25) is 0 Å². The molecule has 0 aromatic heterocycles. The average molecular weight is 278 g/mol. The number of nitrogens with one attached hydrogen (secondary N) is 1. The number of hydrogen-bond acceptors (Lipinski definition) is 6. The maximum absolute atomic E-state index is 11.4. The van der Waals surface area contributed by atoms with E-state index in [4.69, 9.17) is 5.11 Å². The van der Waals surface area contributed by atoms with E-state index in [-0.39, 0.29) is 31.1 Å². The van der Waals surface area contributed by atoms with Crippen LogP contribution in [0.15, 0.2) is 11.3 Å². The summed E-state index contributed by atoms with van der Waals surface area (Å²) in [4.78, 5) is 23.2. The highest BCUT2D eigenvalue weighted by molar-refractivity contribution is 7.90. The standard InChI is InChI=1S/C9H14N2O6S/c1-18(16,17)5-10-2-3-11-4-6(9(14)15)7(12)8(11)13/h10,12H,2-5H2,1H3,(H,14,15). The summed E-state index contributed by atoms with van der Waals surface area (Å²) in [6, 6.07) is 0. The van der Waals surface area contributed by atoms with Gasteiger partial charge in [-0.1, -0.05) is 0 Å². The molecule has 102 valence electrons. The van der Waals surface area contributed by atoms with Crippen molar-refractivity contribution >= 4 is 21.7 Å². The fourth-order valence-corrected chi connectivity index (χ4v) is 1.95. The molecular formula is C9H14N2O6S. The van der Waals surface area contributed by atoms with E-state index in [1.54, 1.807) is 0 Å². The number of hydrogen-bond donors (Lipinski definition) is 3. The van der Waals surface area contributed by atoms with Gasteiger partial charge in [-0.2, -0.15) is 0 Å². The molecule has 1 aliphatic heterocycles. The number of aliphatic hydroxyl groups is 1. The van der Waals surface area contributed by atoms with Gasteiger partial charge in [0.15, 0.2) is 15.6 Å². The van der Waals surface area contributed by atoms with Gasteiger partial charge < -0.3 is 20.4 Å². The molecule has 1 aliphatic rings. The minimum absolute atomic E-state index is 0.120. The molecule has 18 heavy (non-hydrogen) atoms. The van der Waals surface area contributed by atoms with Crippen LogP contribution in [0.1, 0.15) is 0 Å². The van der Waals surface area contributed by atoms with Crippen LogP contribution < -0.4 is 5.32 Å². The summed E-state index contributed by atoms with van der Waals surface area (Å²) < 4.78 is 21.6. The van der Waals surface area contributed by atoms with Crippen LogP contribution in [0.2, 0.25) is 0 Å². The Kier molecular flexibility index (Phi) is 4.30. The SMILES string of the molecule is CS(=O)(=O)CNCCN1CC(C(=O)O)=C(O)C1=O. The van der Waals surface area contributed by atoms with E-state index in [2.05, 4.69) is 5.32 Å². The first-order valence-corrected chi connectivity index (χ1v) is 7.11. The Hall–Kier alpha value is -1.61. The molecule has 0 aromatic carbocycles. The molecule has 1 amide bonds. The van der Waals surface area contributed by atoms with Gasteiger partial charge in [0.05, 0.1) is 12.4 Å². The maximum Gasteiger partial charge on any atom is 0.337 e. The normalized spacial score (nSPS) is 16.5. The predicted molar refractivity (Wildman–Crippen MR) is 61.6 cm³/mol. The second-order valence-electron chi connectivity index (χ2n) is 3.93. The number of sulfone groups is 1. The predicted octanol–water partition coefficient (Wildman–Crippen LogP) is -1.68. The minimum Gasteiger partial charge on any atom is -0.503 e. The molecule has 9 heteroatoms. The van der Waals surface area contributed by atoms with E-state index in [0.29, 0.717) is 0 Å². The zero-order chi connectivity index (χ0) is 13.9. The van der Waals surface area contributed by atoms with Gasteiger partial charge in [0.25, 0.3) is 5.91 Å². The molecule has 0 fully saturated rings. The van der Waals surface area contributed by atoms with Gasteiger partial charge in [0, 0.05) is 19.3 Å². The number of carbonyl (C=O) groups excluding carboxylic acids is 1. The van der Waals surface area contributed by atoms with Gasteiger partial charge in [-0.25, -0.2) is 13.2 Å². The van der Waals surface area contributed by atoms with Gasteiger partial charge in [-0.3, -0.25) is 4.79 Å². The van der Waals surface area contributed by atoms with Crippen molar-refractivity contribution in [1.29, 1.82) is 0 Å². The van der Waals surface area contributed by atoms with Crippen LogP contribution in [-0.4, -0.2) is 67.2 Å². The number of aliphatic carboxylic acids is 1. The third-order valence-electron chi connectivity index (χ3n) is 2.31. The Morgan fingerprint density at radius 3 is 2.56 bits per heavy atom. The van der Waals surface area contributed by atoms with Crippen molar-refractivity contribution in [1.82, 2.24) is 10.2 Å². The first-order valence-electron chi connectivity index (χ1n) is 5.05. The van der Waals surface area contributed by atoms with Crippen molar-refractivity contribution in [2.45, 2.75) is 0 Å². The molecule has 1 rings (SSSR count). The van der Waals surface area contributed by atoms with Crippen LogP contribution in [0, 0.1) is 0 Å². The third-order valence-corrected chi connectivity index (χ3v) is 3.03. The van der Waals surface area contributed by atoms with E-state index in [9.17, 15) is 23.1 Å². The fraction of sp³-hybridized carbons (Fsp3) is 0.556. The summed E-state index contributed by atoms with van der Waals surface area (Å²) in [5.41, 5.74) is -0.344. The molecular weight excluding hydrogens is 264 g/mol. The largest absolute Gasteiger partial charge is 0.503 e. The quantitative estimate of drug-likeness (QED) is 0.495. The van der Waals surface area contributed by atoms with Crippen LogP contribution >= 0.6 is 0 Å². The van der Waals surface area contributed by atoms with E-state index in [1.807, 2.05) is 0 Å². The lowest BCUT2D eigenvalue weighted by Crippen LogP contribution is -2.36. The van der Waals surface area contributed by atoms with Crippen molar-refractivity contribution in [2.75, 3.05) is 31.8 Å². The fourth-order valence-electron chi connectivity index (χ4n) is 1.44. The van der Waals surface area contributed by atoms with Crippen LogP contribution in [0.3, 0.4) is 0 Å². The molecule has 0 bridgehead atoms. The van der Waals surface area contributed by atoms with E-state index >= 15 is 0 Å². The topological polar surface area (TPSA) is 124 Å². The molecule has 8 nitrogen and oxygen atoms in total. The second-order valence-corrected chi connectivity index (χ2v) is 6.07. The number of carboxylic acid groups (broad SMARTS) is 1. The summed E-state index contributed by atoms with van der Waals surface area (Å²) >= 11 is 0. The highest BCUT2D eigenvalue weighted by Crippen LogP contribution is 2.16. The summed E-state index contributed by atoms with van der Waals surface area (Å²) in [6.45, 7) is 0.134. The summed E-state index contributed by atoms with van der Waals surface area (Å²) in [5.74, 6) is -3.08. The van der Waals surface area contributed by atoms with Crippen LogP contribution in [-0.2, 0) is 19.4 Å². The van der Waals surface area contributed by atoms with Crippen molar-refractivity contribution in [2.24, 2.45) is 0 Å². The Morgan fingerprint density at radius 1 is 1.50 bits per heavy atom. The molecule has 0 aliphatic carbocycles. The zero-order valence-corrected chi connectivity index (χ0v) is 10.5. The van der Waals surface area contributed by atoms with Gasteiger partial charge >= 0.3 is 5.97 Å². The van der Waals surface area contributed by atoms with E-state index < -0.39 is 27.5 Å². The van der Waals surface area contributed by atoms with Crippen LogP contribution in [0.25, 0.3) is 0 Å². The molecule has 0 aromatic rings. The Labute approximate surface area is 104 Å². The summed E-state index contributed by atoms with van der Waals surface area (Å²) in [5, 5.41) is 20.6. The molecule has 0 saturated heterocycles. The highest BCUT2D eigenvalue weighted by Gasteiger charge is 2.33. The molecule has 0 radical (unpaired) electrons. The zero-order valence-electron chi connectivity index (χ0n) is 9.71. The van der Waals surface area contributed by atoms with Gasteiger partial charge in [0.1, 0.15) is 5.57 Å². The lowest BCUT2D eigenvalue weighted by Gasteiger charge is -2.15. The van der Waals surface area contributed by atoms with Gasteiger partial charge in [-0.05, 0) is 0 Å². The first kappa shape index (κ1) is 14.5. The minimum atomic E-state index is -3.14. The molecule has 0 saturated carbocycles. The van der Waals surface area contributed by atoms with Crippen molar-refractivity contribution in [3.63, 3.8) is 0 Å². The average Bonchev–Trinajstić information content (AvgIpc) is 2.51. The Balaban J connectivity index is 2.44. The number of amides is 1. The number of nitrogens with zero attached hydrogens (tertiary/aromatic N) is 1. The summed E-state index contributed by atoms with van der Waals surface area (Å²) in [7, 11) is -3.14. The molecule has 0 atom stereocenters. The Morgan fingerprint density at radius 2 is 2.11 bits per heavy atom. The lowest BCUT2D eigenvalue weighted by molar-refractivity contribution is -0.133. The second kappa shape index (κ2) is 5.36. The Bertz CT molecular complexity index is 495. The monoisotopic (exact) mass is 278 g/mol. The highest BCUT2D eigenvalue weighted by atomic mass is 32.2. The van der Waals surface area contributed by atoms with Crippen LogP contribution in [0.5, 0.6) is 0 Å². The number of carbonyl (C=O) groups is 2. The molecule has 3 N–H and O–H groups in total. The van der Waals surface area contributed by atoms with Crippen LogP contribution in [0.4, 0.5) is 0 Å². The van der Waals surface area contributed by atoms with E-state index in [0.717, 1.165) is 11.2 Å². The first-order chi connectivity index (χ1) is 8.22. The number of rotatable bonds is 6. The maximum atomic E-state index is 11.4. The number of aliphatic hydroxyl groups excluding tert-OH is 1. The molecule has 1 heterocycles. The van der Waals surface area contributed by atoms with E-state index in [1.165, 1.54) is 0 Å². The third kappa shape index (κ3) is 3.70. The number of carboxylic acids is 1. The smallest absolute Gasteiger partial charge is 0.337 e. The van der Waals surface area contributed by atoms with Crippen molar-refractivity contribution < 1.29 is 28.2 Å². The molecule has 0 spiro atoms. The van der Waals surface area contributed by atoms with Gasteiger partial charge in [-0.15, -0.1) is 0 Å². The lowest BCUT2D eigenvalue weighted by atomic mass is 10.3.